The molecule has 2 N–H and O–H groups in total. The Hall–Kier alpha value is -2.02. The van der Waals surface area contributed by atoms with Crippen LogP contribution in [0.5, 0.6) is 0 Å². The molecular weight excluding hydrogens is 270 g/mol. The number of carbonyl (C=O) groups is 2. The van der Waals surface area contributed by atoms with Gasteiger partial charge < -0.3 is 4.74 Å². The summed E-state index contributed by atoms with van der Waals surface area (Å²) < 4.78 is 30.7. The predicted molar refractivity (Wildman–Crippen MR) is 67.9 cm³/mol. The van der Waals surface area contributed by atoms with Gasteiger partial charge in [0.2, 0.25) is 5.91 Å². The highest BCUT2D eigenvalue weighted by molar-refractivity contribution is 5.94. The van der Waals surface area contributed by atoms with Crippen molar-refractivity contribution >= 4 is 12.0 Å². The Morgan fingerprint density at radius 3 is 2.45 bits per heavy atom. The van der Waals surface area contributed by atoms with E-state index in [1.54, 1.807) is 6.92 Å². The molecule has 0 fully saturated rings. The lowest BCUT2D eigenvalue weighted by molar-refractivity contribution is -0.122. The number of halogens is 2. The Labute approximate surface area is 115 Å². The lowest BCUT2D eigenvalue weighted by atomic mass is 10.1. The van der Waals surface area contributed by atoms with Crippen LogP contribution in [0.1, 0.15) is 25.5 Å². The molecule has 110 valence electrons. The zero-order valence-corrected chi connectivity index (χ0v) is 11.4. The number of alkyl carbamates (subject to hydrolysis) is 1. The number of methoxy groups -OCH3 is 1. The van der Waals surface area contributed by atoms with Gasteiger partial charge in [-0.3, -0.25) is 15.4 Å². The van der Waals surface area contributed by atoms with E-state index in [9.17, 15) is 18.4 Å². The van der Waals surface area contributed by atoms with E-state index in [2.05, 4.69) is 10.1 Å². The number of amides is 2. The van der Waals surface area contributed by atoms with Gasteiger partial charge in [0.15, 0.2) is 0 Å². The molecular formula is C13H16F2N2O3. The van der Waals surface area contributed by atoms with Crippen molar-refractivity contribution in [2.75, 3.05) is 7.11 Å². The molecule has 0 aromatic heterocycles. The molecule has 0 aliphatic rings. The van der Waals surface area contributed by atoms with E-state index in [0.29, 0.717) is 0 Å². The van der Waals surface area contributed by atoms with Crippen LogP contribution >= 0.6 is 0 Å². The molecule has 0 aliphatic heterocycles. The Bertz CT molecular complexity index is 508. The maximum Gasteiger partial charge on any atom is 0.413 e. The molecule has 0 saturated heterocycles. The number of rotatable bonds is 4. The van der Waals surface area contributed by atoms with Crippen molar-refractivity contribution in [2.45, 2.75) is 25.9 Å². The van der Waals surface area contributed by atoms with Crippen molar-refractivity contribution in [3.05, 3.63) is 35.4 Å². The van der Waals surface area contributed by atoms with E-state index in [1.165, 1.54) is 13.0 Å². The molecule has 0 heterocycles. The van der Waals surface area contributed by atoms with Gasteiger partial charge >= 0.3 is 6.09 Å². The van der Waals surface area contributed by atoms with Crippen molar-refractivity contribution in [1.82, 2.24) is 10.6 Å². The minimum Gasteiger partial charge on any atom is -0.453 e. The van der Waals surface area contributed by atoms with Crippen molar-refractivity contribution in [3.8, 4) is 0 Å². The van der Waals surface area contributed by atoms with Gasteiger partial charge in [-0.15, -0.1) is 0 Å². The maximum absolute atomic E-state index is 13.6. The van der Waals surface area contributed by atoms with E-state index >= 15 is 0 Å². The molecule has 2 atom stereocenters. The normalized spacial score (nSPS) is 13.4. The first-order valence-corrected chi connectivity index (χ1v) is 5.95. The highest BCUT2D eigenvalue weighted by Crippen LogP contribution is 2.18. The summed E-state index contributed by atoms with van der Waals surface area (Å²) in [6.07, 6.45) is -0.871. The SMILES string of the molecule is COC(=O)NC(=O)[C@@H](C)N[C@H](C)c1ccc(F)cc1F. The smallest absolute Gasteiger partial charge is 0.413 e. The zero-order chi connectivity index (χ0) is 15.3. The summed E-state index contributed by atoms with van der Waals surface area (Å²) in [7, 11) is 1.14. The summed E-state index contributed by atoms with van der Waals surface area (Å²) >= 11 is 0. The van der Waals surface area contributed by atoms with Crippen molar-refractivity contribution in [1.29, 1.82) is 0 Å². The second-order valence-electron chi connectivity index (χ2n) is 4.26. The quantitative estimate of drug-likeness (QED) is 0.887. The Morgan fingerprint density at radius 1 is 1.25 bits per heavy atom. The van der Waals surface area contributed by atoms with Crippen LogP contribution in [-0.2, 0) is 9.53 Å². The Balaban J connectivity index is 2.67. The fourth-order valence-corrected chi connectivity index (χ4v) is 1.65. The average molecular weight is 286 g/mol. The number of ether oxygens (including phenoxy) is 1. The third kappa shape index (κ3) is 4.27. The van der Waals surface area contributed by atoms with E-state index in [0.717, 1.165) is 19.2 Å². The van der Waals surface area contributed by atoms with Crippen LogP contribution in [0.25, 0.3) is 0 Å². The topological polar surface area (TPSA) is 67.4 Å². The van der Waals surface area contributed by atoms with Gasteiger partial charge in [-0.05, 0) is 19.9 Å². The van der Waals surface area contributed by atoms with Crippen LogP contribution < -0.4 is 10.6 Å². The number of benzene rings is 1. The minimum atomic E-state index is -0.871. The Morgan fingerprint density at radius 2 is 1.90 bits per heavy atom. The molecule has 1 rings (SSSR count). The summed E-state index contributed by atoms with van der Waals surface area (Å²) in [5.74, 6) is -1.98. The molecule has 0 bridgehead atoms. The monoisotopic (exact) mass is 286 g/mol. The first-order chi connectivity index (χ1) is 9.35. The van der Waals surface area contributed by atoms with Crippen LogP contribution in [0.4, 0.5) is 13.6 Å². The van der Waals surface area contributed by atoms with E-state index in [-0.39, 0.29) is 5.56 Å². The minimum absolute atomic E-state index is 0.226. The lowest BCUT2D eigenvalue weighted by Gasteiger charge is -2.19. The molecule has 0 saturated carbocycles. The molecule has 20 heavy (non-hydrogen) atoms. The first-order valence-electron chi connectivity index (χ1n) is 5.95. The van der Waals surface area contributed by atoms with Gasteiger partial charge in [-0.2, -0.15) is 0 Å². The fraction of sp³-hybridized carbons (Fsp3) is 0.385. The van der Waals surface area contributed by atoms with Crippen molar-refractivity contribution in [3.63, 3.8) is 0 Å². The third-order valence-corrected chi connectivity index (χ3v) is 2.73. The third-order valence-electron chi connectivity index (χ3n) is 2.73. The summed E-state index contributed by atoms with van der Waals surface area (Å²) in [5, 5.41) is 4.80. The lowest BCUT2D eigenvalue weighted by Crippen LogP contribution is -2.45. The predicted octanol–water partition coefficient (Wildman–Crippen LogP) is 1.89. The van der Waals surface area contributed by atoms with Gasteiger partial charge in [-0.25, -0.2) is 13.6 Å². The number of carbonyl (C=O) groups excluding carboxylic acids is 2. The van der Waals surface area contributed by atoms with Crippen LogP contribution in [0.2, 0.25) is 0 Å². The Kier molecular flexibility index (Phi) is 5.57. The molecule has 5 nitrogen and oxygen atoms in total. The van der Waals surface area contributed by atoms with Crippen LogP contribution in [-0.4, -0.2) is 25.2 Å². The molecule has 1 aromatic rings. The highest BCUT2D eigenvalue weighted by Gasteiger charge is 2.20. The molecule has 1 aromatic carbocycles. The molecule has 0 aliphatic carbocycles. The summed E-state index contributed by atoms with van der Waals surface area (Å²) in [6.45, 7) is 3.13. The van der Waals surface area contributed by atoms with Crippen LogP contribution in [0.3, 0.4) is 0 Å². The molecule has 0 radical (unpaired) electrons. The second-order valence-corrected chi connectivity index (χ2v) is 4.26. The number of imide groups is 1. The first kappa shape index (κ1) is 16.0. The highest BCUT2D eigenvalue weighted by atomic mass is 19.1. The molecule has 0 spiro atoms. The van der Waals surface area contributed by atoms with Crippen LogP contribution in [0.15, 0.2) is 18.2 Å². The molecule has 0 unspecified atom stereocenters. The number of nitrogens with one attached hydrogen (secondary N) is 2. The standard InChI is InChI=1S/C13H16F2N2O3/c1-7(10-5-4-9(14)6-11(10)15)16-8(2)12(18)17-13(19)20-3/h4-8,16H,1-3H3,(H,17,18,19)/t7-,8-/m1/s1. The summed E-state index contributed by atoms with van der Waals surface area (Å²) in [5.41, 5.74) is 0.226. The van der Waals surface area contributed by atoms with Gasteiger partial charge in [-0.1, -0.05) is 6.07 Å². The van der Waals surface area contributed by atoms with E-state index in [1.807, 2.05) is 5.32 Å². The largest absolute Gasteiger partial charge is 0.453 e. The second kappa shape index (κ2) is 6.95. The van der Waals surface area contributed by atoms with Gasteiger partial charge in [0.1, 0.15) is 11.6 Å². The summed E-state index contributed by atoms with van der Waals surface area (Å²) in [6, 6.07) is 1.91. The van der Waals surface area contributed by atoms with E-state index < -0.39 is 35.7 Å². The van der Waals surface area contributed by atoms with Crippen LogP contribution in [0, 0.1) is 11.6 Å². The van der Waals surface area contributed by atoms with Gasteiger partial charge in [0, 0.05) is 17.7 Å². The van der Waals surface area contributed by atoms with Crippen molar-refractivity contribution < 1.29 is 23.1 Å². The molecule has 7 heteroatoms. The van der Waals surface area contributed by atoms with Gasteiger partial charge in [0.05, 0.1) is 13.2 Å². The van der Waals surface area contributed by atoms with Gasteiger partial charge in [0.25, 0.3) is 0 Å². The maximum atomic E-state index is 13.6. The number of hydrogen-bond acceptors (Lipinski definition) is 4. The summed E-state index contributed by atoms with van der Waals surface area (Å²) in [4.78, 5) is 22.5. The average Bonchev–Trinajstić information content (AvgIpc) is 2.37. The fourth-order valence-electron chi connectivity index (χ4n) is 1.65. The molecule has 2 amide bonds. The van der Waals surface area contributed by atoms with E-state index in [4.69, 9.17) is 0 Å². The zero-order valence-electron chi connectivity index (χ0n) is 11.4. The number of hydrogen-bond donors (Lipinski definition) is 2. The van der Waals surface area contributed by atoms with Crippen molar-refractivity contribution in [2.24, 2.45) is 0 Å².